The summed E-state index contributed by atoms with van der Waals surface area (Å²) in [5.74, 6) is -2.45. The molecule has 5 rings (SSSR count). The van der Waals surface area contributed by atoms with Gasteiger partial charge in [-0.1, -0.05) is 18.5 Å². The second-order valence-electron chi connectivity index (χ2n) is 10.6. The standard InChI is InChI=1S/C29H31ClF3N5O4/c1-15(26-24(42-29(32)33)8-7-22(31)27(26)30)20-11-35-28-19(20)9-16(10-34-28)21-12-36-38(23(21)14-39)18-5-3-17(4-6-18)37(2)13-25(40)41/h7-12,15,17-18,29,39H,3-6,13-14H2,1-2H3,(H,34,35)(H,40,41)/t15-,17?,18?/m0/s1. The van der Waals surface area contributed by atoms with Gasteiger partial charge in [0.1, 0.15) is 17.2 Å². The zero-order chi connectivity index (χ0) is 30.1. The summed E-state index contributed by atoms with van der Waals surface area (Å²) in [7, 11) is 1.82. The third-order valence-corrected chi connectivity index (χ3v) is 8.54. The van der Waals surface area contributed by atoms with Gasteiger partial charge in [-0.2, -0.15) is 13.9 Å². The number of ether oxygens (including phenoxy) is 1. The number of fused-ring (bicyclic) bond motifs is 1. The molecule has 1 aliphatic rings. The van der Waals surface area contributed by atoms with E-state index in [4.69, 9.17) is 16.7 Å². The van der Waals surface area contributed by atoms with Crippen molar-refractivity contribution < 1.29 is 32.9 Å². The number of H-pyrrole nitrogens is 1. The first-order valence-electron chi connectivity index (χ1n) is 13.6. The number of aliphatic hydroxyl groups excluding tert-OH is 1. The topological polar surface area (TPSA) is 116 Å². The van der Waals surface area contributed by atoms with Gasteiger partial charge in [-0.15, -0.1) is 0 Å². The third kappa shape index (κ3) is 5.83. The fourth-order valence-corrected chi connectivity index (χ4v) is 6.34. The molecular weight excluding hydrogens is 575 g/mol. The van der Waals surface area contributed by atoms with Crippen LogP contribution in [0, 0.1) is 5.82 Å². The molecule has 1 aliphatic carbocycles. The van der Waals surface area contributed by atoms with E-state index in [9.17, 15) is 23.1 Å². The van der Waals surface area contributed by atoms with Crippen molar-refractivity contribution in [1.82, 2.24) is 24.6 Å². The summed E-state index contributed by atoms with van der Waals surface area (Å²) in [4.78, 5) is 20.6. The fraction of sp³-hybridized carbons (Fsp3) is 0.414. The van der Waals surface area contributed by atoms with Crippen LogP contribution in [0.25, 0.3) is 22.2 Å². The molecule has 0 aliphatic heterocycles. The van der Waals surface area contributed by atoms with Gasteiger partial charge >= 0.3 is 12.6 Å². The van der Waals surface area contributed by atoms with E-state index in [2.05, 4.69) is 19.8 Å². The maximum Gasteiger partial charge on any atom is 0.387 e. The maximum atomic E-state index is 14.4. The Morgan fingerprint density at radius 2 is 2.00 bits per heavy atom. The molecule has 1 atom stereocenters. The third-order valence-electron chi connectivity index (χ3n) is 8.15. The van der Waals surface area contributed by atoms with Crippen molar-refractivity contribution in [1.29, 1.82) is 0 Å². The lowest BCUT2D eigenvalue weighted by Gasteiger charge is -2.34. The number of carboxylic acid groups (broad SMARTS) is 1. The van der Waals surface area contributed by atoms with E-state index in [0.29, 0.717) is 33.4 Å². The van der Waals surface area contributed by atoms with Crippen molar-refractivity contribution in [3.8, 4) is 16.9 Å². The van der Waals surface area contributed by atoms with Gasteiger partial charge in [0.2, 0.25) is 0 Å². The summed E-state index contributed by atoms with van der Waals surface area (Å²) < 4.78 is 47.1. The van der Waals surface area contributed by atoms with Gasteiger partial charge in [-0.3, -0.25) is 14.4 Å². The normalized spacial score (nSPS) is 18.2. The van der Waals surface area contributed by atoms with Crippen molar-refractivity contribution in [3.63, 3.8) is 0 Å². The Balaban J connectivity index is 1.45. The van der Waals surface area contributed by atoms with Gasteiger partial charge in [0.25, 0.3) is 0 Å². The van der Waals surface area contributed by atoms with E-state index in [1.54, 1.807) is 25.5 Å². The van der Waals surface area contributed by atoms with Crippen LogP contribution < -0.4 is 4.74 Å². The molecule has 0 spiro atoms. The maximum absolute atomic E-state index is 14.4. The van der Waals surface area contributed by atoms with Crippen molar-refractivity contribution in [3.05, 3.63) is 64.5 Å². The Morgan fingerprint density at radius 3 is 2.67 bits per heavy atom. The molecule has 4 aromatic rings. The number of halogens is 4. The average Bonchev–Trinajstić information content (AvgIpc) is 3.58. The number of nitrogens with zero attached hydrogens (tertiary/aromatic N) is 4. The lowest BCUT2D eigenvalue weighted by molar-refractivity contribution is -0.138. The van der Waals surface area contributed by atoms with Crippen LogP contribution in [0.15, 0.2) is 36.8 Å². The Labute approximate surface area is 244 Å². The van der Waals surface area contributed by atoms with Crippen LogP contribution in [0.5, 0.6) is 5.75 Å². The number of hydrogen-bond donors (Lipinski definition) is 3. The lowest BCUT2D eigenvalue weighted by Crippen LogP contribution is -2.38. The van der Waals surface area contributed by atoms with Crippen molar-refractivity contribution in [2.24, 2.45) is 0 Å². The number of aliphatic carboxylic acids is 1. The molecule has 0 radical (unpaired) electrons. The number of carboxylic acids is 1. The number of hydrogen-bond acceptors (Lipinski definition) is 6. The first-order chi connectivity index (χ1) is 20.1. The molecule has 1 aromatic carbocycles. The molecule has 0 saturated heterocycles. The average molecular weight is 606 g/mol. The first-order valence-corrected chi connectivity index (χ1v) is 14.0. The second kappa shape index (κ2) is 12.3. The molecule has 3 aromatic heterocycles. The lowest BCUT2D eigenvalue weighted by atomic mass is 9.90. The highest BCUT2D eigenvalue weighted by molar-refractivity contribution is 6.31. The number of pyridine rings is 1. The van der Waals surface area contributed by atoms with E-state index in [1.165, 1.54) is 0 Å². The summed E-state index contributed by atoms with van der Waals surface area (Å²) in [6.45, 7) is -1.65. The Bertz CT molecular complexity index is 1580. The van der Waals surface area contributed by atoms with Crippen LogP contribution in [-0.2, 0) is 11.4 Å². The number of nitrogens with one attached hydrogen (secondary N) is 1. The monoisotopic (exact) mass is 605 g/mol. The minimum atomic E-state index is -3.11. The zero-order valence-corrected chi connectivity index (χ0v) is 23.8. The summed E-state index contributed by atoms with van der Waals surface area (Å²) in [5.41, 5.74) is 3.29. The largest absolute Gasteiger partial charge is 0.480 e. The van der Waals surface area contributed by atoms with Crippen molar-refractivity contribution in [2.75, 3.05) is 13.6 Å². The number of carbonyl (C=O) groups is 1. The number of benzene rings is 1. The number of likely N-dealkylation sites (N-methyl/N-ethyl adjacent to an activating group) is 1. The Kier molecular flexibility index (Phi) is 8.76. The molecular formula is C29H31ClF3N5O4. The quantitative estimate of drug-likeness (QED) is 0.204. The SMILES string of the molecule is C[C@H](c1c(OC(F)F)ccc(F)c1Cl)c1c[nH]c2ncc(-c3cnn(C4CCC(N(C)CC(=O)O)CC4)c3CO)cc12. The van der Waals surface area contributed by atoms with Crippen molar-refractivity contribution >= 4 is 28.6 Å². The smallest absolute Gasteiger partial charge is 0.387 e. The number of aliphatic hydroxyl groups is 1. The molecule has 9 nitrogen and oxygen atoms in total. The highest BCUT2D eigenvalue weighted by Gasteiger charge is 2.29. The number of rotatable bonds is 10. The van der Waals surface area contributed by atoms with Gasteiger partial charge in [-0.05, 0) is 56.5 Å². The Morgan fingerprint density at radius 1 is 1.26 bits per heavy atom. The van der Waals surface area contributed by atoms with E-state index in [0.717, 1.165) is 37.8 Å². The van der Waals surface area contributed by atoms with Crippen molar-refractivity contribution in [2.45, 2.75) is 63.8 Å². The molecule has 0 amide bonds. The van der Waals surface area contributed by atoms with Crippen LogP contribution >= 0.6 is 11.6 Å². The van der Waals surface area contributed by atoms with Crippen LogP contribution in [0.4, 0.5) is 13.2 Å². The van der Waals surface area contributed by atoms with Gasteiger partial charge in [-0.25, -0.2) is 9.37 Å². The molecule has 3 N–H and O–H groups in total. The van der Waals surface area contributed by atoms with Crippen LogP contribution in [-0.4, -0.2) is 67.1 Å². The number of aromatic nitrogens is 4. The van der Waals surface area contributed by atoms with E-state index >= 15 is 0 Å². The number of aromatic amines is 1. The highest BCUT2D eigenvalue weighted by atomic mass is 35.5. The molecule has 3 heterocycles. The molecule has 42 heavy (non-hydrogen) atoms. The van der Waals surface area contributed by atoms with Gasteiger partial charge in [0, 0.05) is 46.4 Å². The molecule has 0 unspecified atom stereocenters. The predicted molar refractivity (Wildman–Crippen MR) is 150 cm³/mol. The molecule has 1 fully saturated rings. The molecule has 1 saturated carbocycles. The van der Waals surface area contributed by atoms with E-state index in [-0.39, 0.29) is 41.6 Å². The summed E-state index contributed by atoms with van der Waals surface area (Å²) in [6.07, 6.45) is 8.22. The fourth-order valence-electron chi connectivity index (χ4n) is 6.02. The van der Waals surface area contributed by atoms with E-state index < -0.39 is 24.3 Å². The molecule has 0 bridgehead atoms. The predicted octanol–water partition coefficient (Wildman–Crippen LogP) is 5.96. The second-order valence-corrected chi connectivity index (χ2v) is 11.0. The van der Waals surface area contributed by atoms with Crippen LogP contribution in [0.2, 0.25) is 5.02 Å². The van der Waals surface area contributed by atoms with Gasteiger partial charge in [0.15, 0.2) is 0 Å². The number of alkyl halides is 2. The summed E-state index contributed by atoms with van der Waals surface area (Å²) >= 11 is 6.24. The molecule has 224 valence electrons. The zero-order valence-electron chi connectivity index (χ0n) is 23.0. The Hall–Kier alpha value is -3.61. The summed E-state index contributed by atoms with van der Waals surface area (Å²) in [5, 5.41) is 24.4. The van der Waals surface area contributed by atoms with Gasteiger partial charge < -0.3 is 19.9 Å². The van der Waals surface area contributed by atoms with Gasteiger partial charge in [0.05, 0.1) is 36.1 Å². The summed E-state index contributed by atoms with van der Waals surface area (Å²) in [6, 6.07) is 4.21. The van der Waals surface area contributed by atoms with Crippen LogP contribution in [0.3, 0.4) is 0 Å². The minimum absolute atomic E-state index is 0.00957. The van der Waals surface area contributed by atoms with Crippen LogP contribution in [0.1, 0.15) is 61.4 Å². The highest BCUT2D eigenvalue weighted by Crippen LogP contribution is 2.42. The van der Waals surface area contributed by atoms with E-state index in [1.807, 2.05) is 22.7 Å². The minimum Gasteiger partial charge on any atom is -0.480 e. The first kappa shape index (κ1) is 29.9. The molecule has 13 heteroatoms.